The highest BCUT2D eigenvalue weighted by molar-refractivity contribution is 6.34. The van der Waals surface area contributed by atoms with Gasteiger partial charge < -0.3 is 20.5 Å². The summed E-state index contributed by atoms with van der Waals surface area (Å²) in [7, 11) is 1.41. The molecule has 7 nitrogen and oxygen atoms in total. The van der Waals surface area contributed by atoms with E-state index in [4.69, 9.17) is 21.4 Å². The van der Waals surface area contributed by atoms with E-state index < -0.39 is 23.2 Å². The summed E-state index contributed by atoms with van der Waals surface area (Å²) >= 11 is 6.09. The molecule has 0 heterocycles. The number of halogens is 1. The van der Waals surface area contributed by atoms with Gasteiger partial charge in [-0.1, -0.05) is 25.4 Å². The third-order valence-electron chi connectivity index (χ3n) is 4.16. The second-order valence-corrected chi connectivity index (χ2v) is 6.69. The molecule has 1 aliphatic rings. The van der Waals surface area contributed by atoms with Crippen LogP contribution in [0.2, 0.25) is 5.02 Å². The fraction of sp³-hybridized carbons (Fsp3) is 0.438. The first-order chi connectivity index (χ1) is 11.2. The summed E-state index contributed by atoms with van der Waals surface area (Å²) in [5, 5.41) is 14.6. The van der Waals surface area contributed by atoms with E-state index in [1.54, 1.807) is 26.0 Å². The average Bonchev–Trinajstić information content (AvgIpc) is 3.05. The molecule has 3 N–H and O–H groups in total. The van der Waals surface area contributed by atoms with Crippen molar-refractivity contribution in [3.05, 3.63) is 23.2 Å². The minimum atomic E-state index is -0.977. The lowest BCUT2D eigenvalue weighted by molar-refractivity contribution is -0.140. The number of carbonyl (C=O) groups is 3. The molecule has 1 saturated carbocycles. The molecule has 0 aliphatic heterocycles. The molecule has 2 rings (SSSR count). The molecule has 1 fully saturated rings. The van der Waals surface area contributed by atoms with Crippen molar-refractivity contribution < 1.29 is 24.2 Å². The Morgan fingerprint density at radius 3 is 2.42 bits per heavy atom. The van der Waals surface area contributed by atoms with Crippen LogP contribution in [0.4, 0.5) is 11.4 Å². The molecule has 0 unspecified atom stereocenters. The highest BCUT2D eigenvalue weighted by Gasteiger charge is 2.65. The molecular formula is C16H19ClN2O5. The molecule has 24 heavy (non-hydrogen) atoms. The molecule has 1 aliphatic carbocycles. The van der Waals surface area contributed by atoms with E-state index in [9.17, 15) is 14.4 Å². The van der Waals surface area contributed by atoms with E-state index in [2.05, 4.69) is 10.6 Å². The zero-order chi connectivity index (χ0) is 18.1. The number of anilines is 2. The molecule has 1 aromatic carbocycles. The van der Waals surface area contributed by atoms with Crippen molar-refractivity contribution >= 4 is 40.8 Å². The molecule has 0 aromatic heterocycles. The third kappa shape index (κ3) is 3.68. The Bertz CT molecular complexity index is 689. The molecule has 2 atom stereocenters. The van der Waals surface area contributed by atoms with Gasteiger partial charge in [-0.05, 0) is 23.6 Å². The number of nitrogens with one attached hydrogen (secondary N) is 2. The smallest absolute Gasteiger partial charge is 0.307 e. The molecule has 0 bridgehead atoms. The quantitative estimate of drug-likeness (QED) is 0.726. The van der Waals surface area contributed by atoms with Crippen LogP contribution in [0, 0.1) is 17.3 Å². The van der Waals surface area contributed by atoms with Crippen LogP contribution in [-0.4, -0.2) is 36.6 Å². The molecule has 130 valence electrons. The number of methoxy groups -OCH3 is 1. The van der Waals surface area contributed by atoms with Crippen LogP contribution >= 0.6 is 11.6 Å². The Balaban J connectivity index is 2.04. The van der Waals surface area contributed by atoms with Gasteiger partial charge in [-0.3, -0.25) is 14.4 Å². The zero-order valence-electron chi connectivity index (χ0n) is 13.6. The van der Waals surface area contributed by atoms with E-state index in [1.807, 2.05) is 0 Å². The Morgan fingerprint density at radius 2 is 1.92 bits per heavy atom. The van der Waals surface area contributed by atoms with Gasteiger partial charge in [0.05, 0.1) is 22.5 Å². The molecule has 0 spiro atoms. The topological polar surface area (TPSA) is 105 Å². The first-order valence-electron chi connectivity index (χ1n) is 7.30. The normalized spacial score (nSPS) is 21.0. The minimum Gasteiger partial charge on any atom is -0.481 e. The van der Waals surface area contributed by atoms with E-state index in [0.29, 0.717) is 11.4 Å². The van der Waals surface area contributed by atoms with Crippen LogP contribution in [0.1, 0.15) is 13.8 Å². The molecular weight excluding hydrogens is 336 g/mol. The highest BCUT2D eigenvalue weighted by atomic mass is 35.5. The zero-order valence-corrected chi connectivity index (χ0v) is 14.3. The maximum absolute atomic E-state index is 12.3. The number of amides is 2. The van der Waals surface area contributed by atoms with Crippen LogP contribution in [0.25, 0.3) is 0 Å². The van der Waals surface area contributed by atoms with Crippen molar-refractivity contribution in [3.8, 4) is 0 Å². The predicted molar refractivity (Wildman–Crippen MR) is 89.0 cm³/mol. The number of rotatable bonds is 6. The lowest BCUT2D eigenvalue weighted by Crippen LogP contribution is -2.19. The SMILES string of the molecule is COCC(=O)Nc1ccc(NC(=O)[C@H]2[C@@H](C(=O)O)C2(C)C)cc1Cl. The number of hydrogen-bond donors (Lipinski definition) is 3. The summed E-state index contributed by atoms with van der Waals surface area (Å²) in [4.78, 5) is 34.9. The van der Waals surface area contributed by atoms with Gasteiger partial charge in [0, 0.05) is 12.8 Å². The van der Waals surface area contributed by atoms with Crippen LogP contribution in [0.5, 0.6) is 0 Å². The fourth-order valence-electron chi connectivity index (χ4n) is 2.82. The number of carboxylic acids is 1. The van der Waals surface area contributed by atoms with Gasteiger partial charge in [0.2, 0.25) is 11.8 Å². The summed E-state index contributed by atoms with van der Waals surface area (Å²) < 4.78 is 4.71. The maximum atomic E-state index is 12.3. The summed E-state index contributed by atoms with van der Waals surface area (Å²) in [6.07, 6.45) is 0. The van der Waals surface area contributed by atoms with Crippen molar-refractivity contribution in [1.29, 1.82) is 0 Å². The fourth-order valence-corrected chi connectivity index (χ4v) is 3.05. The largest absolute Gasteiger partial charge is 0.481 e. The Kier molecular flexibility index (Phi) is 5.15. The van der Waals surface area contributed by atoms with Crippen molar-refractivity contribution in [2.45, 2.75) is 13.8 Å². The molecule has 0 radical (unpaired) electrons. The Hall–Kier alpha value is -2.12. The van der Waals surface area contributed by atoms with Crippen LogP contribution in [0.3, 0.4) is 0 Å². The predicted octanol–water partition coefficient (Wildman–Crippen LogP) is 2.22. The van der Waals surface area contributed by atoms with Gasteiger partial charge in [0.1, 0.15) is 6.61 Å². The van der Waals surface area contributed by atoms with Gasteiger partial charge in [0.15, 0.2) is 0 Å². The maximum Gasteiger partial charge on any atom is 0.307 e. The molecule has 2 amide bonds. The number of ether oxygens (including phenoxy) is 1. The Labute approximate surface area is 144 Å². The minimum absolute atomic E-state index is 0.0951. The van der Waals surface area contributed by atoms with E-state index >= 15 is 0 Å². The first-order valence-corrected chi connectivity index (χ1v) is 7.68. The Morgan fingerprint density at radius 1 is 1.25 bits per heavy atom. The van der Waals surface area contributed by atoms with Gasteiger partial charge in [0.25, 0.3) is 0 Å². The summed E-state index contributed by atoms with van der Waals surface area (Å²) in [6.45, 7) is 3.40. The van der Waals surface area contributed by atoms with E-state index in [0.717, 1.165) is 0 Å². The standard InChI is InChI=1S/C16H19ClN2O5/c1-16(2)12(13(16)15(22)23)14(21)18-8-4-5-10(9(17)6-8)19-11(20)7-24-3/h4-6,12-13H,7H2,1-3H3,(H,18,21)(H,19,20)(H,22,23)/t12-,13+/m1/s1. The second kappa shape index (κ2) is 6.78. The highest BCUT2D eigenvalue weighted by Crippen LogP contribution is 2.58. The second-order valence-electron chi connectivity index (χ2n) is 6.28. The number of aliphatic carboxylic acids is 1. The van der Waals surface area contributed by atoms with Gasteiger partial charge in [-0.25, -0.2) is 0 Å². The van der Waals surface area contributed by atoms with Crippen molar-refractivity contribution in [2.24, 2.45) is 17.3 Å². The molecule has 1 aromatic rings. The molecule has 8 heteroatoms. The number of carboxylic acid groups (broad SMARTS) is 1. The van der Waals surface area contributed by atoms with Crippen LogP contribution in [0.15, 0.2) is 18.2 Å². The third-order valence-corrected chi connectivity index (χ3v) is 4.47. The van der Waals surface area contributed by atoms with Crippen molar-refractivity contribution in [3.63, 3.8) is 0 Å². The lowest BCUT2D eigenvalue weighted by atomic mass is 10.1. The number of benzene rings is 1. The van der Waals surface area contributed by atoms with Gasteiger partial charge in [-0.15, -0.1) is 0 Å². The van der Waals surface area contributed by atoms with Gasteiger partial charge in [-0.2, -0.15) is 0 Å². The van der Waals surface area contributed by atoms with E-state index in [-0.39, 0.29) is 23.4 Å². The van der Waals surface area contributed by atoms with Crippen LogP contribution < -0.4 is 10.6 Å². The van der Waals surface area contributed by atoms with Crippen LogP contribution in [-0.2, 0) is 19.1 Å². The monoisotopic (exact) mass is 354 g/mol. The van der Waals surface area contributed by atoms with Crippen molar-refractivity contribution in [2.75, 3.05) is 24.4 Å². The van der Waals surface area contributed by atoms with Gasteiger partial charge >= 0.3 is 5.97 Å². The number of carbonyl (C=O) groups excluding carboxylic acids is 2. The van der Waals surface area contributed by atoms with Crippen molar-refractivity contribution in [1.82, 2.24) is 0 Å². The summed E-state index contributed by atoms with van der Waals surface area (Å²) in [5.74, 6) is -2.97. The number of hydrogen-bond acceptors (Lipinski definition) is 4. The summed E-state index contributed by atoms with van der Waals surface area (Å²) in [6, 6.07) is 4.63. The van der Waals surface area contributed by atoms with E-state index in [1.165, 1.54) is 13.2 Å². The first kappa shape index (κ1) is 18.2. The molecule has 0 saturated heterocycles. The average molecular weight is 355 g/mol. The summed E-state index contributed by atoms with van der Waals surface area (Å²) in [5.41, 5.74) is 0.252. The lowest BCUT2D eigenvalue weighted by Gasteiger charge is -2.10.